The lowest BCUT2D eigenvalue weighted by Gasteiger charge is -2.28. The van der Waals surface area contributed by atoms with Gasteiger partial charge in [-0.2, -0.15) is 0 Å². The summed E-state index contributed by atoms with van der Waals surface area (Å²) in [6.07, 6.45) is 2.36. The zero-order chi connectivity index (χ0) is 39.5. The maximum absolute atomic E-state index is 2.37. The van der Waals surface area contributed by atoms with Crippen LogP contribution in [0.1, 0.15) is 30.5 Å². The van der Waals surface area contributed by atoms with Crippen molar-refractivity contribution in [3.05, 3.63) is 223 Å². The van der Waals surface area contributed by atoms with Gasteiger partial charge in [0.25, 0.3) is 0 Å². The van der Waals surface area contributed by atoms with Crippen molar-refractivity contribution in [2.24, 2.45) is 0 Å². The molecule has 1 nitrogen and oxygen atoms in total. The minimum absolute atomic E-state index is 0.0586. The second-order valence-electron chi connectivity index (χ2n) is 16.2. The molecule has 9 aromatic carbocycles. The fourth-order valence-electron chi connectivity index (χ4n) is 9.09. The van der Waals surface area contributed by atoms with Gasteiger partial charge in [0, 0.05) is 42.6 Å². The largest absolute Gasteiger partial charge is 0.311 e. The van der Waals surface area contributed by atoms with Crippen LogP contribution in [-0.2, 0) is 5.41 Å². The summed E-state index contributed by atoms with van der Waals surface area (Å²) >= 11 is 1.86. The second kappa shape index (κ2) is 14.1. The highest BCUT2D eigenvalue weighted by Crippen LogP contribution is 2.47. The molecule has 280 valence electrons. The molecule has 0 radical (unpaired) electrons. The normalized spacial score (nSPS) is 13.2. The summed E-state index contributed by atoms with van der Waals surface area (Å²) in [5.74, 6) is 0. The highest BCUT2D eigenvalue weighted by atomic mass is 32.1. The number of benzene rings is 9. The van der Waals surface area contributed by atoms with Crippen molar-refractivity contribution in [1.82, 2.24) is 0 Å². The Kier molecular flexibility index (Phi) is 8.43. The summed E-state index contributed by atoms with van der Waals surface area (Å²) in [5.41, 5.74) is 15.9. The zero-order valence-electron chi connectivity index (χ0n) is 33.1. The Morgan fingerprint density at radius 1 is 0.373 bits per heavy atom. The van der Waals surface area contributed by atoms with Gasteiger partial charge in [0.1, 0.15) is 0 Å². The number of rotatable bonds is 7. The summed E-state index contributed by atoms with van der Waals surface area (Å²) in [6, 6.07) is 75.8. The lowest BCUT2D eigenvalue weighted by molar-refractivity contribution is 0.704. The molecule has 1 aliphatic rings. The molecule has 0 amide bonds. The molecule has 11 rings (SSSR count). The number of allylic oxidation sites excluding steroid dienone is 1. The molecular formula is C57H41NS. The van der Waals surface area contributed by atoms with Crippen LogP contribution in [0.15, 0.2) is 206 Å². The Morgan fingerprint density at radius 2 is 0.847 bits per heavy atom. The molecule has 10 aromatic rings. The predicted octanol–water partition coefficient (Wildman–Crippen LogP) is 16.5. The van der Waals surface area contributed by atoms with E-state index < -0.39 is 0 Å². The Labute approximate surface area is 349 Å². The van der Waals surface area contributed by atoms with Gasteiger partial charge >= 0.3 is 0 Å². The first-order valence-electron chi connectivity index (χ1n) is 20.4. The van der Waals surface area contributed by atoms with Crippen molar-refractivity contribution in [3.8, 4) is 33.4 Å². The van der Waals surface area contributed by atoms with Crippen LogP contribution < -0.4 is 4.90 Å². The van der Waals surface area contributed by atoms with Gasteiger partial charge in [0.05, 0.1) is 0 Å². The van der Waals surface area contributed by atoms with Gasteiger partial charge in [-0.25, -0.2) is 0 Å². The first-order chi connectivity index (χ1) is 29.0. The topological polar surface area (TPSA) is 3.24 Å². The third-order valence-corrected chi connectivity index (χ3v) is 13.5. The van der Waals surface area contributed by atoms with Crippen LogP contribution in [0.2, 0.25) is 0 Å². The van der Waals surface area contributed by atoms with Crippen molar-refractivity contribution < 1.29 is 0 Å². The van der Waals surface area contributed by atoms with Crippen LogP contribution in [0.3, 0.4) is 0 Å². The lowest BCUT2D eigenvalue weighted by Crippen LogP contribution is -2.16. The maximum atomic E-state index is 2.37. The van der Waals surface area contributed by atoms with Gasteiger partial charge < -0.3 is 4.90 Å². The van der Waals surface area contributed by atoms with E-state index in [4.69, 9.17) is 0 Å². The summed E-state index contributed by atoms with van der Waals surface area (Å²) < 4.78 is 2.67. The van der Waals surface area contributed by atoms with Crippen LogP contribution in [0, 0.1) is 0 Å². The van der Waals surface area contributed by atoms with E-state index in [0.29, 0.717) is 0 Å². The Hall–Kier alpha value is -7.00. The number of fused-ring (bicyclic) bond motifs is 5. The first-order valence-corrected chi connectivity index (χ1v) is 21.2. The average molecular weight is 772 g/mol. The smallest absolute Gasteiger partial charge is 0.0462 e. The van der Waals surface area contributed by atoms with Crippen molar-refractivity contribution in [2.45, 2.75) is 19.3 Å². The molecule has 0 bridgehead atoms. The first kappa shape index (κ1) is 35.2. The van der Waals surface area contributed by atoms with Gasteiger partial charge in [0.2, 0.25) is 0 Å². The van der Waals surface area contributed by atoms with Gasteiger partial charge in [-0.15, -0.1) is 11.3 Å². The van der Waals surface area contributed by atoms with E-state index in [0.717, 1.165) is 17.1 Å². The molecule has 0 N–H and O–H groups in total. The summed E-state index contributed by atoms with van der Waals surface area (Å²) in [4.78, 5) is 2.37. The molecule has 0 spiro atoms. The number of nitrogens with zero attached hydrogens (tertiary/aromatic N) is 1. The molecule has 1 aromatic heterocycles. The fraction of sp³-hybridized carbons (Fsp3) is 0.0526. The molecular weight excluding hydrogens is 731 g/mol. The molecule has 2 heteroatoms. The summed E-state index contributed by atoms with van der Waals surface area (Å²) in [7, 11) is 0. The van der Waals surface area contributed by atoms with E-state index >= 15 is 0 Å². The molecule has 0 atom stereocenters. The Bertz CT molecular complexity index is 3200. The lowest BCUT2D eigenvalue weighted by atomic mass is 9.78. The van der Waals surface area contributed by atoms with Crippen LogP contribution in [-0.4, -0.2) is 0 Å². The minimum atomic E-state index is -0.0586. The molecule has 0 aliphatic heterocycles. The van der Waals surface area contributed by atoms with Crippen LogP contribution in [0.5, 0.6) is 0 Å². The van der Waals surface area contributed by atoms with Gasteiger partial charge in [0.15, 0.2) is 0 Å². The number of hydrogen-bond donors (Lipinski definition) is 0. The highest BCUT2D eigenvalue weighted by Gasteiger charge is 2.33. The van der Waals surface area contributed by atoms with Gasteiger partial charge in [-0.05, 0) is 133 Å². The number of anilines is 3. The van der Waals surface area contributed by atoms with Crippen molar-refractivity contribution in [1.29, 1.82) is 0 Å². The summed E-state index contributed by atoms with van der Waals surface area (Å²) in [6.45, 7) is 4.67. The van der Waals surface area contributed by atoms with Crippen molar-refractivity contribution >= 4 is 71.0 Å². The fourth-order valence-corrected chi connectivity index (χ4v) is 10.2. The molecule has 0 saturated carbocycles. The van der Waals surface area contributed by atoms with E-state index in [1.807, 2.05) is 11.3 Å². The number of thiophene rings is 1. The molecule has 0 saturated heterocycles. The van der Waals surface area contributed by atoms with Gasteiger partial charge in [-0.1, -0.05) is 159 Å². The third kappa shape index (κ3) is 6.25. The van der Waals surface area contributed by atoms with E-state index in [2.05, 4.69) is 231 Å². The zero-order valence-corrected chi connectivity index (χ0v) is 33.9. The number of hydrogen-bond acceptors (Lipinski definition) is 2. The van der Waals surface area contributed by atoms with E-state index in [-0.39, 0.29) is 5.41 Å². The molecule has 1 aliphatic carbocycles. The van der Waals surface area contributed by atoms with E-state index in [1.165, 1.54) is 86.6 Å². The molecule has 0 unspecified atom stereocenters. The Balaban J connectivity index is 0.918. The molecule has 0 fully saturated rings. The molecule has 59 heavy (non-hydrogen) atoms. The second-order valence-corrected chi connectivity index (χ2v) is 17.3. The monoisotopic (exact) mass is 771 g/mol. The van der Waals surface area contributed by atoms with Crippen LogP contribution in [0.25, 0.3) is 76.0 Å². The maximum Gasteiger partial charge on any atom is 0.0462 e. The highest BCUT2D eigenvalue weighted by molar-refractivity contribution is 7.25. The third-order valence-electron chi connectivity index (χ3n) is 12.3. The minimum Gasteiger partial charge on any atom is -0.311 e. The quantitative estimate of drug-likeness (QED) is 0.156. The Morgan fingerprint density at radius 3 is 1.51 bits per heavy atom. The summed E-state index contributed by atoms with van der Waals surface area (Å²) in [5, 5.41) is 5.17. The van der Waals surface area contributed by atoms with Crippen molar-refractivity contribution in [2.75, 3.05) is 4.90 Å². The van der Waals surface area contributed by atoms with E-state index in [9.17, 15) is 0 Å². The average Bonchev–Trinajstić information content (AvgIpc) is 3.80. The van der Waals surface area contributed by atoms with Crippen molar-refractivity contribution in [3.63, 3.8) is 0 Å². The van der Waals surface area contributed by atoms with E-state index in [1.54, 1.807) is 0 Å². The molecule has 1 heterocycles. The van der Waals surface area contributed by atoms with Gasteiger partial charge in [-0.3, -0.25) is 0 Å². The standard InChI is InChI=1S/C57H41NS/c1-57(2)53-13-7-5-11-47(53)37-54(57)43-25-32-50(33-26-43)58(49-30-23-42(24-31-49)45-20-19-38-9-3-4-10-44(38)35-45)48-28-21-40(22-29-48)39-15-17-41(18-16-39)46-27-34-56-52(36-46)51-12-6-8-14-55(51)59-56/h3-37H,1-2H3. The van der Waals surface area contributed by atoms with Crippen LogP contribution in [0.4, 0.5) is 17.1 Å². The SMILES string of the molecule is CC1(C)C(c2ccc(N(c3ccc(-c4ccc(-c5ccc6sc7ccccc7c6c5)cc4)cc3)c3ccc(-c4ccc5ccccc5c4)cc3)cc2)=Cc2ccccc21. The van der Waals surface area contributed by atoms with Crippen LogP contribution >= 0.6 is 11.3 Å². The predicted molar refractivity (Wildman–Crippen MR) is 255 cm³/mol.